The Morgan fingerprint density at radius 1 is 1.48 bits per heavy atom. The van der Waals surface area contributed by atoms with Gasteiger partial charge in [0.2, 0.25) is 0 Å². The largest absolute Gasteiger partial charge is 0.481 e. The number of urea groups is 1. The van der Waals surface area contributed by atoms with Crippen molar-refractivity contribution in [3.05, 3.63) is 28.2 Å². The molecule has 2 amide bonds. The molecule has 1 aliphatic heterocycles. The first-order chi connectivity index (χ1) is 9.83. The van der Waals surface area contributed by atoms with Crippen molar-refractivity contribution in [2.75, 3.05) is 18.5 Å². The SMILES string of the molecule is Cc1ccc(NC(=O)NC2COCC2(C)C(=O)O)c(Br)c1. The van der Waals surface area contributed by atoms with Gasteiger partial charge in [-0.3, -0.25) is 4.79 Å². The highest BCUT2D eigenvalue weighted by molar-refractivity contribution is 9.10. The molecular weight excluding hydrogens is 340 g/mol. The number of benzene rings is 1. The molecule has 1 aromatic rings. The summed E-state index contributed by atoms with van der Waals surface area (Å²) in [6.07, 6.45) is 0. The number of carboxylic acids is 1. The molecular formula is C14H17BrN2O4. The van der Waals surface area contributed by atoms with Crippen molar-refractivity contribution in [3.63, 3.8) is 0 Å². The summed E-state index contributed by atoms with van der Waals surface area (Å²) in [5.41, 5.74) is 0.575. The number of ether oxygens (including phenoxy) is 1. The lowest BCUT2D eigenvalue weighted by Gasteiger charge is -2.25. The first kappa shape index (κ1) is 15.8. The van der Waals surface area contributed by atoms with Crippen molar-refractivity contribution < 1.29 is 19.4 Å². The van der Waals surface area contributed by atoms with Gasteiger partial charge in [0.05, 0.1) is 24.9 Å². The van der Waals surface area contributed by atoms with Crippen LogP contribution in [0.1, 0.15) is 12.5 Å². The number of carbonyl (C=O) groups excluding carboxylic acids is 1. The Morgan fingerprint density at radius 3 is 2.81 bits per heavy atom. The molecule has 0 radical (unpaired) electrons. The maximum Gasteiger partial charge on any atom is 0.319 e. The second-order valence-corrected chi connectivity index (χ2v) is 6.23. The van der Waals surface area contributed by atoms with Gasteiger partial charge in [0.25, 0.3) is 0 Å². The fourth-order valence-corrected chi connectivity index (χ4v) is 2.72. The number of hydrogen-bond donors (Lipinski definition) is 3. The van der Waals surface area contributed by atoms with Crippen LogP contribution in [0.15, 0.2) is 22.7 Å². The molecule has 1 aromatic carbocycles. The van der Waals surface area contributed by atoms with E-state index in [2.05, 4.69) is 26.6 Å². The lowest BCUT2D eigenvalue weighted by Crippen LogP contribution is -2.50. The molecule has 114 valence electrons. The van der Waals surface area contributed by atoms with E-state index in [1.54, 1.807) is 13.0 Å². The molecule has 0 saturated carbocycles. The Labute approximate surface area is 131 Å². The molecule has 7 heteroatoms. The van der Waals surface area contributed by atoms with Gasteiger partial charge in [-0.25, -0.2) is 4.79 Å². The molecule has 0 spiro atoms. The lowest BCUT2D eigenvalue weighted by molar-refractivity contribution is -0.148. The molecule has 1 heterocycles. The molecule has 6 nitrogen and oxygen atoms in total. The number of carbonyl (C=O) groups is 2. The van der Waals surface area contributed by atoms with Crippen LogP contribution < -0.4 is 10.6 Å². The molecule has 2 atom stereocenters. The van der Waals surface area contributed by atoms with Crippen LogP contribution in [-0.4, -0.2) is 36.4 Å². The summed E-state index contributed by atoms with van der Waals surface area (Å²) in [6.45, 7) is 3.78. The van der Waals surface area contributed by atoms with Crippen LogP contribution in [0.5, 0.6) is 0 Å². The summed E-state index contributed by atoms with van der Waals surface area (Å²) < 4.78 is 5.96. The summed E-state index contributed by atoms with van der Waals surface area (Å²) in [7, 11) is 0. The van der Waals surface area contributed by atoms with Gasteiger partial charge in [0.1, 0.15) is 5.41 Å². The monoisotopic (exact) mass is 356 g/mol. The van der Waals surface area contributed by atoms with Crippen LogP contribution in [0, 0.1) is 12.3 Å². The van der Waals surface area contributed by atoms with Crippen molar-refractivity contribution in [2.24, 2.45) is 5.41 Å². The number of aryl methyl sites for hydroxylation is 1. The Morgan fingerprint density at radius 2 is 2.19 bits per heavy atom. The minimum absolute atomic E-state index is 0.0848. The maximum absolute atomic E-state index is 12.0. The zero-order valence-corrected chi connectivity index (χ0v) is 13.4. The summed E-state index contributed by atoms with van der Waals surface area (Å²) in [5, 5.41) is 14.6. The molecule has 0 aromatic heterocycles. The minimum atomic E-state index is -1.11. The van der Waals surface area contributed by atoms with E-state index in [1.807, 2.05) is 19.1 Å². The predicted molar refractivity (Wildman–Crippen MR) is 81.4 cm³/mol. The molecule has 21 heavy (non-hydrogen) atoms. The second-order valence-electron chi connectivity index (χ2n) is 5.37. The first-order valence-electron chi connectivity index (χ1n) is 6.48. The third-order valence-electron chi connectivity index (χ3n) is 3.62. The quantitative estimate of drug-likeness (QED) is 0.775. The lowest BCUT2D eigenvalue weighted by atomic mass is 9.85. The number of carboxylic acid groups (broad SMARTS) is 1. The van der Waals surface area contributed by atoms with Crippen molar-refractivity contribution in [1.82, 2.24) is 5.32 Å². The zero-order valence-electron chi connectivity index (χ0n) is 11.8. The Balaban J connectivity index is 2.03. The molecule has 2 unspecified atom stereocenters. The summed E-state index contributed by atoms with van der Waals surface area (Å²) in [5.74, 6) is -0.984. The normalized spacial score (nSPS) is 24.6. The number of amides is 2. The second kappa shape index (κ2) is 6.03. The average Bonchev–Trinajstić information content (AvgIpc) is 2.76. The van der Waals surface area contributed by atoms with Gasteiger partial charge in [-0.1, -0.05) is 6.07 Å². The molecule has 0 aliphatic carbocycles. The standard InChI is InChI=1S/C14H17BrN2O4/c1-8-3-4-10(9(15)5-8)16-13(20)17-11-6-21-7-14(11,2)12(18)19/h3-5,11H,6-7H2,1-2H3,(H,18,19)(H2,16,17,20). The molecule has 0 bridgehead atoms. The van der Waals surface area contributed by atoms with Gasteiger partial charge in [-0.05, 0) is 47.5 Å². The number of rotatable bonds is 3. The van der Waals surface area contributed by atoms with Crippen LogP contribution in [-0.2, 0) is 9.53 Å². The van der Waals surface area contributed by atoms with E-state index >= 15 is 0 Å². The maximum atomic E-state index is 12.0. The van der Waals surface area contributed by atoms with Gasteiger partial charge >= 0.3 is 12.0 Å². The van der Waals surface area contributed by atoms with Gasteiger partial charge < -0.3 is 20.5 Å². The Kier molecular flexibility index (Phi) is 4.53. The number of halogens is 1. The molecule has 3 N–H and O–H groups in total. The summed E-state index contributed by atoms with van der Waals surface area (Å²) in [6, 6.07) is 4.51. The van der Waals surface area contributed by atoms with E-state index in [4.69, 9.17) is 4.74 Å². The zero-order chi connectivity index (χ0) is 15.6. The number of nitrogens with one attached hydrogen (secondary N) is 2. The van der Waals surface area contributed by atoms with E-state index in [0.717, 1.165) is 10.0 Å². The number of aliphatic carboxylic acids is 1. The molecule has 1 fully saturated rings. The highest BCUT2D eigenvalue weighted by Crippen LogP contribution is 2.29. The van der Waals surface area contributed by atoms with E-state index < -0.39 is 23.5 Å². The predicted octanol–water partition coefficient (Wildman–Crippen LogP) is 2.37. The van der Waals surface area contributed by atoms with Crippen LogP contribution in [0.4, 0.5) is 10.5 Å². The highest BCUT2D eigenvalue weighted by Gasteiger charge is 2.47. The van der Waals surface area contributed by atoms with Crippen LogP contribution in [0.2, 0.25) is 0 Å². The topological polar surface area (TPSA) is 87.7 Å². The van der Waals surface area contributed by atoms with Gasteiger partial charge in [0, 0.05) is 4.47 Å². The molecule has 2 rings (SSSR count). The average molecular weight is 357 g/mol. The molecule has 1 saturated heterocycles. The number of hydrogen-bond acceptors (Lipinski definition) is 3. The fraction of sp³-hybridized carbons (Fsp3) is 0.429. The number of anilines is 1. The first-order valence-corrected chi connectivity index (χ1v) is 7.27. The Hall–Kier alpha value is -1.60. The van der Waals surface area contributed by atoms with E-state index in [9.17, 15) is 14.7 Å². The third-order valence-corrected chi connectivity index (χ3v) is 4.28. The molecule has 1 aliphatic rings. The van der Waals surface area contributed by atoms with Crippen LogP contribution in [0.25, 0.3) is 0 Å². The van der Waals surface area contributed by atoms with Crippen molar-refractivity contribution in [3.8, 4) is 0 Å². The third kappa shape index (κ3) is 3.36. The smallest absolute Gasteiger partial charge is 0.319 e. The highest BCUT2D eigenvalue weighted by atomic mass is 79.9. The summed E-state index contributed by atoms with van der Waals surface area (Å²) in [4.78, 5) is 23.3. The Bertz CT molecular complexity index is 578. The van der Waals surface area contributed by atoms with E-state index in [0.29, 0.717) is 5.69 Å². The van der Waals surface area contributed by atoms with Crippen molar-refractivity contribution in [1.29, 1.82) is 0 Å². The minimum Gasteiger partial charge on any atom is -0.481 e. The van der Waals surface area contributed by atoms with E-state index in [-0.39, 0.29) is 13.2 Å². The van der Waals surface area contributed by atoms with Crippen molar-refractivity contribution >= 4 is 33.6 Å². The van der Waals surface area contributed by atoms with Gasteiger partial charge in [0.15, 0.2) is 0 Å². The van der Waals surface area contributed by atoms with Crippen LogP contribution in [0.3, 0.4) is 0 Å². The van der Waals surface area contributed by atoms with Crippen molar-refractivity contribution in [2.45, 2.75) is 19.9 Å². The van der Waals surface area contributed by atoms with Crippen LogP contribution >= 0.6 is 15.9 Å². The van der Waals surface area contributed by atoms with E-state index in [1.165, 1.54) is 0 Å². The summed E-state index contributed by atoms with van der Waals surface area (Å²) >= 11 is 3.37. The van der Waals surface area contributed by atoms with Gasteiger partial charge in [-0.2, -0.15) is 0 Å². The van der Waals surface area contributed by atoms with Gasteiger partial charge in [-0.15, -0.1) is 0 Å². The fourth-order valence-electron chi connectivity index (χ4n) is 2.12.